The van der Waals surface area contributed by atoms with Crippen LogP contribution in [0.4, 0.5) is 10.5 Å². The largest absolute Gasteiger partial charge is 0.329 e. The Morgan fingerprint density at radius 1 is 1.56 bits per heavy atom. The number of hydrogen-bond acceptors (Lipinski definition) is 3. The van der Waals surface area contributed by atoms with Crippen LogP contribution in [0.25, 0.3) is 0 Å². The molecule has 2 atom stereocenters. The summed E-state index contributed by atoms with van der Waals surface area (Å²) in [4.78, 5) is 25.0. The van der Waals surface area contributed by atoms with Crippen molar-refractivity contribution in [2.75, 3.05) is 4.90 Å². The quantitative estimate of drug-likeness (QED) is 0.821. The van der Waals surface area contributed by atoms with Gasteiger partial charge in [-0.25, -0.2) is 9.69 Å². The van der Waals surface area contributed by atoms with Crippen LogP contribution in [-0.4, -0.2) is 18.0 Å². The van der Waals surface area contributed by atoms with E-state index in [2.05, 4.69) is 5.32 Å². The van der Waals surface area contributed by atoms with E-state index in [1.54, 1.807) is 11.4 Å². The summed E-state index contributed by atoms with van der Waals surface area (Å²) in [6.07, 6.45) is 0.869. The van der Waals surface area contributed by atoms with Crippen LogP contribution in [-0.2, 0) is 4.79 Å². The van der Waals surface area contributed by atoms with E-state index in [1.807, 2.05) is 19.2 Å². The van der Waals surface area contributed by atoms with Crippen molar-refractivity contribution < 1.29 is 9.59 Å². The summed E-state index contributed by atoms with van der Waals surface area (Å²) in [5, 5.41) is 6.39. The van der Waals surface area contributed by atoms with E-state index in [-0.39, 0.29) is 23.9 Å². The highest BCUT2D eigenvalue weighted by Crippen LogP contribution is 2.25. The van der Waals surface area contributed by atoms with Crippen molar-refractivity contribution in [2.45, 2.75) is 26.3 Å². The molecule has 2 rings (SSSR count). The Morgan fingerprint density at radius 3 is 2.88 bits per heavy atom. The van der Waals surface area contributed by atoms with Crippen molar-refractivity contribution in [3.8, 4) is 0 Å². The predicted octanol–water partition coefficient (Wildman–Crippen LogP) is 2.22. The Hall–Kier alpha value is -1.36. The number of carbonyl (C=O) groups excluding carboxylic acids is 2. The topological polar surface area (TPSA) is 49.4 Å². The number of nitrogens with one attached hydrogen (secondary N) is 1. The monoisotopic (exact) mass is 238 g/mol. The molecule has 1 N–H and O–H groups in total. The number of urea groups is 1. The number of hydrogen-bond donors (Lipinski definition) is 1. The van der Waals surface area contributed by atoms with E-state index in [1.165, 1.54) is 16.2 Å². The maximum atomic E-state index is 12.1. The van der Waals surface area contributed by atoms with Gasteiger partial charge in [0, 0.05) is 5.38 Å². The van der Waals surface area contributed by atoms with Gasteiger partial charge in [-0.2, -0.15) is 11.3 Å². The number of anilines is 1. The Balaban J connectivity index is 2.24. The van der Waals surface area contributed by atoms with Crippen LogP contribution in [0.5, 0.6) is 0 Å². The molecule has 5 heteroatoms. The number of imide groups is 1. The lowest BCUT2D eigenvalue weighted by Gasteiger charge is -2.15. The first-order valence-electron chi connectivity index (χ1n) is 5.31. The zero-order chi connectivity index (χ0) is 11.7. The van der Waals surface area contributed by atoms with Gasteiger partial charge in [0.25, 0.3) is 5.91 Å². The van der Waals surface area contributed by atoms with Crippen molar-refractivity contribution >= 4 is 29.0 Å². The molecule has 1 aromatic heterocycles. The molecule has 0 aliphatic carbocycles. The van der Waals surface area contributed by atoms with Gasteiger partial charge in [-0.1, -0.05) is 20.3 Å². The van der Waals surface area contributed by atoms with Gasteiger partial charge in [0.1, 0.15) is 6.04 Å². The molecule has 0 saturated carbocycles. The fourth-order valence-electron chi connectivity index (χ4n) is 1.75. The first kappa shape index (κ1) is 11.1. The SMILES string of the molecule is CCC(C)[C@@H]1NC(=O)N(c2ccsc2)C1=O. The van der Waals surface area contributed by atoms with Crippen LogP contribution in [0.15, 0.2) is 16.8 Å². The first-order valence-corrected chi connectivity index (χ1v) is 6.26. The average Bonchev–Trinajstić information content (AvgIpc) is 2.86. The molecule has 16 heavy (non-hydrogen) atoms. The lowest BCUT2D eigenvalue weighted by molar-refractivity contribution is -0.119. The van der Waals surface area contributed by atoms with Crippen LogP contribution >= 0.6 is 11.3 Å². The van der Waals surface area contributed by atoms with Crippen molar-refractivity contribution in [1.29, 1.82) is 0 Å². The summed E-state index contributed by atoms with van der Waals surface area (Å²) in [6.45, 7) is 3.98. The number of rotatable bonds is 3. The van der Waals surface area contributed by atoms with Crippen molar-refractivity contribution in [3.05, 3.63) is 16.8 Å². The van der Waals surface area contributed by atoms with Gasteiger partial charge in [0.15, 0.2) is 0 Å². The Morgan fingerprint density at radius 2 is 2.31 bits per heavy atom. The number of amides is 3. The number of thiophene rings is 1. The van der Waals surface area contributed by atoms with Gasteiger partial charge in [-0.05, 0) is 17.4 Å². The molecule has 0 spiro atoms. The standard InChI is InChI=1S/C11H14N2O2S/c1-3-7(2)9-10(14)13(11(15)12-9)8-4-5-16-6-8/h4-7,9H,3H2,1-2H3,(H,12,15)/t7?,9-/m0/s1. The van der Waals surface area contributed by atoms with Crippen LogP contribution in [0.3, 0.4) is 0 Å². The second-order valence-corrected chi connectivity index (χ2v) is 4.75. The maximum absolute atomic E-state index is 12.1. The van der Waals surface area contributed by atoms with Gasteiger partial charge in [0.05, 0.1) is 5.69 Å². The van der Waals surface area contributed by atoms with Gasteiger partial charge >= 0.3 is 6.03 Å². The summed E-state index contributed by atoms with van der Waals surface area (Å²) in [6, 6.07) is 1.09. The third-order valence-corrected chi connectivity index (χ3v) is 3.62. The fourth-order valence-corrected chi connectivity index (χ4v) is 2.37. The predicted molar refractivity (Wildman–Crippen MR) is 63.6 cm³/mol. The number of nitrogens with zero attached hydrogens (tertiary/aromatic N) is 1. The molecule has 2 heterocycles. The van der Waals surface area contributed by atoms with E-state index in [0.717, 1.165) is 6.42 Å². The van der Waals surface area contributed by atoms with E-state index >= 15 is 0 Å². The van der Waals surface area contributed by atoms with Crippen LogP contribution in [0.1, 0.15) is 20.3 Å². The second-order valence-electron chi connectivity index (χ2n) is 3.97. The van der Waals surface area contributed by atoms with Crippen LogP contribution < -0.4 is 10.2 Å². The second kappa shape index (κ2) is 4.25. The number of carbonyl (C=O) groups is 2. The first-order chi connectivity index (χ1) is 7.65. The van der Waals surface area contributed by atoms with E-state index in [9.17, 15) is 9.59 Å². The molecule has 3 amide bonds. The molecule has 1 aliphatic rings. The molecule has 1 aliphatic heterocycles. The Labute approximate surface area is 98.3 Å². The minimum Gasteiger partial charge on any atom is -0.325 e. The molecule has 1 unspecified atom stereocenters. The molecule has 1 fully saturated rings. The van der Waals surface area contributed by atoms with E-state index in [0.29, 0.717) is 5.69 Å². The zero-order valence-electron chi connectivity index (χ0n) is 9.27. The average molecular weight is 238 g/mol. The molecule has 86 valence electrons. The van der Waals surface area contributed by atoms with Gasteiger partial charge in [-0.3, -0.25) is 4.79 Å². The van der Waals surface area contributed by atoms with Crippen LogP contribution in [0, 0.1) is 5.92 Å². The van der Waals surface area contributed by atoms with Gasteiger partial charge in [0.2, 0.25) is 0 Å². The smallest absolute Gasteiger partial charge is 0.325 e. The molecule has 0 radical (unpaired) electrons. The Kier molecular flexibility index (Phi) is 2.96. The van der Waals surface area contributed by atoms with Gasteiger partial charge in [-0.15, -0.1) is 0 Å². The minimum absolute atomic E-state index is 0.141. The molecule has 1 saturated heterocycles. The summed E-state index contributed by atoms with van der Waals surface area (Å²) in [5.41, 5.74) is 0.665. The zero-order valence-corrected chi connectivity index (χ0v) is 10.1. The molecular weight excluding hydrogens is 224 g/mol. The summed E-state index contributed by atoms with van der Waals surface area (Å²) in [7, 11) is 0. The lowest BCUT2D eigenvalue weighted by Crippen LogP contribution is -2.35. The summed E-state index contributed by atoms with van der Waals surface area (Å²) >= 11 is 1.47. The molecular formula is C11H14N2O2S. The van der Waals surface area contributed by atoms with Crippen LogP contribution in [0.2, 0.25) is 0 Å². The summed E-state index contributed by atoms with van der Waals surface area (Å²) in [5.74, 6) is 0.0258. The highest BCUT2D eigenvalue weighted by atomic mass is 32.1. The highest BCUT2D eigenvalue weighted by Gasteiger charge is 2.41. The maximum Gasteiger partial charge on any atom is 0.329 e. The molecule has 0 aromatic carbocycles. The van der Waals surface area contributed by atoms with Crippen molar-refractivity contribution in [3.63, 3.8) is 0 Å². The Bertz CT molecular complexity index is 402. The third kappa shape index (κ3) is 1.71. The van der Waals surface area contributed by atoms with Crippen molar-refractivity contribution in [2.24, 2.45) is 5.92 Å². The summed E-state index contributed by atoms with van der Waals surface area (Å²) < 4.78 is 0. The van der Waals surface area contributed by atoms with Crippen molar-refractivity contribution in [1.82, 2.24) is 5.32 Å². The lowest BCUT2D eigenvalue weighted by atomic mass is 9.99. The molecule has 1 aromatic rings. The van der Waals surface area contributed by atoms with E-state index in [4.69, 9.17) is 0 Å². The third-order valence-electron chi connectivity index (χ3n) is 2.95. The fraction of sp³-hybridized carbons (Fsp3) is 0.455. The molecule has 4 nitrogen and oxygen atoms in total. The highest BCUT2D eigenvalue weighted by molar-refractivity contribution is 7.08. The molecule has 0 bridgehead atoms. The van der Waals surface area contributed by atoms with Gasteiger partial charge < -0.3 is 5.32 Å². The normalized spacial score (nSPS) is 22.4. The minimum atomic E-state index is -0.377. The van der Waals surface area contributed by atoms with E-state index < -0.39 is 0 Å².